The Morgan fingerprint density at radius 2 is 2.38 bits per heavy atom. The molecule has 114 valence electrons. The van der Waals surface area contributed by atoms with Gasteiger partial charge in [-0.15, -0.1) is 0 Å². The van der Waals surface area contributed by atoms with E-state index in [9.17, 15) is 19.5 Å². The van der Waals surface area contributed by atoms with Crippen molar-refractivity contribution in [1.82, 2.24) is 9.55 Å². The second-order valence-corrected chi connectivity index (χ2v) is 5.20. The smallest absolute Gasteiger partial charge is 0.330 e. The van der Waals surface area contributed by atoms with Crippen LogP contribution in [0.1, 0.15) is 19.6 Å². The first-order valence-electron chi connectivity index (χ1n) is 6.30. The Labute approximate surface area is 117 Å². The number of H-pyrrole nitrogens is 1. The van der Waals surface area contributed by atoms with Crippen molar-refractivity contribution in [3.63, 3.8) is 0 Å². The summed E-state index contributed by atoms with van der Waals surface area (Å²) in [6, 6.07) is 1.05. The van der Waals surface area contributed by atoms with E-state index < -0.39 is 47.4 Å². The predicted octanol–water partition coefficient (Wildman–Crippen LogP) is -1.16. The number of carbonyl (C=O) groups excluding carboxylic acids is 1. The summed E-state index contributed by atoms with van der Waals surface area (Å²) in [5.41, 5.74) is -5.17. The molecule has 2 unspecified atom stereocenters. The summed E-state index contributed by atoms with van der Waals surface area (Å²) in [5.74, 6) is -0.703. The molecule has 1 saturated carbocycles. The molecule has 2 fully saturated rings. The molecule has 3 rings (SSSR count). The molecule has 1 aliphatic carbocycles. The zero-order valence-electron chi connectivity index (χ0n) is 11.0. The molecule has 0 bridgehead atoms. The molecule has 2 heterocycles. The number of hydrogen-bond donors (Lipinski definition) is 2. The highest BCUT2D eigenvalue weighted by Gasteiger charge is 2.85. The number of carbonyl (C=O) groups is 1. The van der Waals surface area contributed by atoms with E-state index in [1.54, 1.807) is 0 Å². The summed E-state index contributed by atoms with van der Waals surface area (Å²) in [6.07, 6.45) is -1.53. The van der Waals surface area contributed by atoms with Crippen molar-refractivity contribution in [2.45, 2.75) is 36.9 Å². The molecule has 1 aromatic heterocycles. The third-order valence-electron chi connectivity index (χ3n) is 3.90. The van der Waals surface area contributed by atoms with Crippen LogP contribution >= 0.6 is 0 Å². The zero-order valence-corrected chi connectivity index (χ0v) is 11.0. The second kappa shape index (κ2) is 4.25. The van der Waals surface area contributed by atoms with Crippen LogP contribution in [0.15, 0.2) is 21.9 Å². The first-order chi connectivity index (χ1) is 9.84. The Balaban J connectivity index is 2.02. The van der Waals surface area contributed by atoms with E-state index in [1.807, 2.05) is 4.98 Å². The highest BCUT2D eigenvalue weighted by molar-refractivity contribution is 5.68. The lowest BCUT2D eigenvalue weighted by atomic mass is 10.1. The molecule has 0 spiro atoms. The van der Waals surface area contributed by atoms with Gasteiger partial charge in [-0.3, -0.25) is 19.1 Å². The second-order valence-electron chi connectivity index (χ2n) is 5.20. The summed E-state index contributed by atoms with van der Waals surface area (Å²) < 4.78 is 26.2. The highest BCUT2D eigenvalue weighted by Crippen LogP contribution is 2.67. The average molecular weight is 300 g/mol. The Bertz CT molecular complexity index is 714. The first-order valence-corrected chi connectivity index (χ1v) is 6.30. The Morgan fingerprint density at radius 1 is 1.67 bits per heavy atom. The van der Waals surface area contributed by atoms with Gasteiger partial charge in [0.2, 0.25) is 5.67 Å². The summed E-state index contributed by atoms with van der Waals surface area (Å²) in [5, 5.41) is 9.31. The van der Waals surface area contributed by atoms with Gasteiger partial charge in [0.15, 0.2) is 11.8 Å². The van der Waals surface area contributed by atoms with Gasteiger partial charge in [-0.25, -0.2) is 9.18 Å². The largest absolute Gasteiger partial charge is 0.453 e. The SMILES string of the molecule is CC(=O)OC12CC1(F)[C@H](n1ccc(=O)[nH]c1=O)O[C@@H]2CO. The topological polar surface area (TPSA) is 111 Å². The molecular weight excluding hydrogens is 287 g/mol. The Kier molecular flexibility index (Phi) is 2.82. The predicted molar refractivity (Wildman–Crippen MR) is 65.3 cm³/mol. The lowest BCUT2D eigenvalue weighted by molar-refractivity contribution is -0.158. The lowest BCUT2D eigenvalue weighted by Gasteiger charge is -2.20. The normalized spacial score (nSPS) is 37.1. The molecule has 21 heavy (non-hydrogen) atoms. The average Bonchev–Trinajstić information content (AvgIpc) is 2.90. The van der Waals surface area contributed by atoms with Crippen LogP contribution < -0.4 is 11.2 Å². The van der Waals surface area contributed by atoms with Crippen LogP contribution in [0.3, 0.4) is 0 Å². The number of ether oxygens (including phenoxy) is 2. The molecule has 4 atom stereocenters. The van der Waals surface area contributed by atoms with E-state index in [-0.39, 0.29) is 6.42 Å². The van der Waals surface area contributed by atoms with Crippen LogP contribution in [0, 0.1) is 0 Å². The lowest BCUT2D eigenvalue weighted by Crippen LogP contribution is -2.37. The minimum atomic E-state index is -2.12. The molecule has 1 aromatic rings. The van der Waals surface area contributed by atoms with E-state index in [0.29, 0.717) is 0 Å². The molecule has 9 heteroatoms. The van der Waals surface area contributed by atoms with Crippen LogP contribution in [-0.2, 0) is 14.3 Å². The van der Waals surface area contributed by atoms with Crippen LogP contribution in [-0.4, -0.2) is 44.6 Å². The number of esters is 1. The fourth-order valence-electron chi connectivity index (χ4n) is 2.92. The fourth-order valence-corrected chi connectivity index (χ4v) is 2.92. The molecule has 0 amide bonds. The molecule has 0 radical (unpaired) electrons. The van der Waals surface area contributed by atoms with Crippen LogP contribution in [0.5, 0.6) is 0 Å². The molecule has 8 nitrogen and oxygen atoms in total. The number of alkyl halides is 1. The minimum Gasteiger partial charge on any atom is -0.453 e. The maximum Gasteiger partial charge on any atom is 0.330 e. The van der Waals surface area contributed by atoms with Gasteiger partial charge in [0.05, 0.1) is 6.61 Å². The van der Waals surface area contributed by atoms with Crippen molar-refractivity contribution >= 4 is 5.97 Å². The number of nitrogens with one attached hydrogen (secondary N) is 1. The number of aromatic amines is 1. The number of nitrogens with zero attached hydrogens (tertiary/aromatic N) is 1. The summed E-state index contributed by atoms with van der Waals surface area (Å²) in [4.78, 5) is 35.9. The molecule has 1 aliphatic heterocycles. The van der Waals surface area contributed by atoms with E-state index in [4.69, 9.17) is 9.47 Å². The van der Waals surface area contributed by atoms with Gasteiger partial charge in [0.1, 0.15) is 6.10 Å². The van der Waals surface area contributed by atoms with Gasteiger partial charge in [-0.05, 0) is 0 Å². The van der Waals surface area contributed by atoms with Gasteiger partial charge >= 0.3 is 11.7 Å². The molecule has 2 N–H and O–H groups in total. The minimum absolute atomic E-state index is 0.180. The van der Waals surface area contributed by atoms with E-state index >= 15 is 4.39 Å². The maximum absolute atomic E-state index is 15.0. The highest BCUT2D eigenvalue weighted by atomic mass is 19.1. The van der Waals surface area contributed by atoms with Gasteiger partial charge in [0, 0.05) is 25.6 Å². The summed E-state index contributed by atoms with van der Waals surface area (Å²) in [7, 11) is 0. The first kappa shape index (κ1) is 14.0. The van der Waals surface area contributed by atoms with Crippen molar-refractivity contribution in [1.29, 1.82) is 0 Å². The van der Waals surface area contributed by atoms with E-state index in [0.717, 1.165) is 23.8 Å². The third kappa shape index (κ3) is 1.77. The number of aromatic nitrogens is 2. The molecule has 0 aromatic carbocycles. The number of halogens is 1. The molecule has 1 saturated heterocycles. The van der Waals surface area contributed by atoms with Crippen molar-refractivity contribution in [2.75, 3.05) is 6.61 Å². The van der Waals surface area contributed by atoms with Crippen LogP contribution in [0.25, 0.3) is 0 Å². The number of rotatable bonds is 3. The quantitative estimate of drug-likeness (QED) is 0.681. The maximum atomic E-state index is 15.0. The third-order valence-corrected chi connectivity index (χ3v) is 3.90. The van der Waals surface area contributed by atoms with Crippen molar-refractivity contribution in [3.05, 3.63) is 33.1 Å². The molecule has 2 aliphatic rings. The van der Waals surface area contributed by atoms with Gasteiger partial charge in [-0.1, -0.05) is 0 Å². The van der Waals surface area contributed by atoms with Crippen molar-refractivity contribution in [2.24, 2.45) is 0 Å². The standard InChI is InChI=1S/C12H13FN2O6/c1-6(17)21-12-5-11(12,13)9(20-7(12)4-16)15-3-2-8(18)14-10(15)19/h2-3,7,9,16H,4-5H2,1H3,(H,14,18,19)/t7-,9-,11?,12?/m1/s1. The van der Waals surface area contributed by atoms with Gasteiger partial charge < -0.3 is 14.6 Å². The van der Waals surface area contributed by atoms with E-state index in [2.05, 4.69) is 0 Å². The Morgan fingerprint density at radius 3 is 2.95 bits per heavy atom. The van der Waals surface area contributed by atoms with Crippen molar-refractivity contribution in [3.8, 4) is 0 Å². The Hall–Kier alpha value is -2.00. The fraction of sp³-hybridized carbons (Fsp3) is 0.583. The van der Waals surface area contributed by atoms with Gasteiger partial charge in [0.25, 0.3) is 5.56 Å². The molecular formula is C12H13FN2O6. The zero-order chi connectivity index (χ0) is 15.4. The number of aliphatic hydroxyl groups is 1. The number of hydrogen-bond acceptors (Lipinski definition) is 6. The van der Waals surface area contributed by atoms with Gasteiger partial charge in [-0.2, -0.15) is 0 Å². The summed E-state index contributed by atoms with van der Waals surface area (Å²) >= 11 is 0. The van der Waals surface area contributed by atoms with Crippen molar-refractivity contribution < 1.29 is 23.8 Å². The van der Waals surface area contributed by atoms with E-state index in [1.165, 1.54) is 0 Å². The van der Waals surface area contributed by atoms with Crippen LogP contribution in [0.4, 0.5) is 4.39 Å². The number of fused-ring (bicyclic) bond motifs is 1. The monoisotopic (exact) mass is 300 g/mol. The summed E-state index contributed by atoms with van der Waals surface area (Å²) in [6.45, 7) is 0.564. The number of aliphatic hydroxyl groups excluding tert-OH is 1. The van der Waals surface area contributed by atoms with Crippen LogP contribution in [0.2, 0.25) is 0 Å².